The summed E-state index contributed by atoms with van der Waals surface area (Å²) in [5.41, 5.74) is 1.04. The fourth-order valence-corrected chi connectivity index (χ4v) is 1.67. The Bertz CT molecular complexity index is 433. The lowest BCUT2D eigenvalue weighted by molar-refractivity contribution is -0.145. The SMILES string of the molecule is CCOC(=O)C(C)NCc1ccc2c(c1)OCO2. The van der Waals surface area contributed by atoms with Crippen LogP contribution >= 0.6 is 0 Å². The van der Waals surface area contributed by atoms with Gasteiger partial charge in [-0.15, -0.1) is 0 Å². The highest BCUT2D eigenvalue weighted by atomic mass is 16.7. The molecule has 2 rings (SSSR count). The van der Waals surface area contributed by atoms with E-state index >= 15 is 0 Å². The molecule has 0 saturated heterocycles. The van der Waals surface area contributed by atoms with Crippen molar-refractivity contribution in [1.82, 2.24) is 5.32 Å². The quantitative estimate of drug-likeness (QED) is 0.803. The number of hydrogen-bond donors (Lipinski definition) is 1. The van der Waals surface area contributed by atoms with Crippen LogP contribution in [0.25, 0.3) is 0 Å². The molecule has 1 N–H and O–H groups in total. The number of esters is 1. The number of hydrogen-bond acceptors (Lipinski definition) is 5. The second-order valence-electron chi connectivity index (χ2n) is 4.04. The van der Waals surface area contributed by atoms with E-state index in [1.165, 1.54) is 0 Å². The van der Waals surface area contributed by atoms with Crippen LogP contribution in [0.5, 0.6) is 11.5 Å². The van der Waals surface area contributed by atoms with Gasteiger partial charge in [-0.05, 0) is 31.5 Å². The van der Waals surface area contributed by atoms with Crippen molar-refractivity contribution in [1.29, 1.82) is 0 Å². The van der Waals surface area contributed by atoms with Gasteiger partial charge in [0.2, 0.25) is 6.79 Å². The Hall–Kier alpha value is -1.75. The van der Waals surface area contributed by atoms with Gasteiger partial charge in [0.1, 0.15) is 6.04 Å². The van der Waals surface area contributed by atoms with Gasteiger partial charge in [0, 0.05) is 6.54 Å². The third-order valence-electron chi connectivity index (χ3n) is 2.69. The van der Waals surface area contributed by atoms with Gasteiger partial charge in [-0.25, -0.2) is 0 Å². The molecule has 0 amide bonds. The zero-order valence-electron chi connectivity index (χ0n) is 10.6. The molecule has 1 aliphatic heterocycles. The van der Waals surface area contributed by atoms with E-state index in [1.807, 2.05) is 18.2 Å². The molecule has 1 aromatic rings. The van der Waals surface area contributed by atoms with Crippen LogP contribution in [0.15, 0.2) is 18.2 Å². The lowest BCUT2D eigenvalue weighted by atomic mass is 10.2. The minimum Gasteiger partial charge on any atom is -0.465 e. The second-order valence-corrected chi connectivity index (χ2v) is 4.04. The molecular weight excluding hydrogens is 234 g/mol. The molecule has 5 heteroatoms. The molecule has 0 spiro atoms. The molecule has 0 aliphatic carbocycles. The summed E-state index contributed by atoms with van der Waals surface area (Å²) in [5, 5.41) is 3.10. The molecule has 0 bridgehead atoms. The van der Waals surface area contributed by atoms with E-state index in [1.54, 1.807) is 13.8 Å². The standard InChI is InChI=1S/C13H17NO4/c1-3-16-13(15)9(2)14-7-10-4-5-11-12(6-10)18-8-17-11/h4-6,9,14H,3,7-8H2,1-2H3. The molecule has 1 unspecified atom stereocenters. The van der Waals surface area contributed by atoms with Crippen molar-refractivity contribution in [3.63, 3.8) is 0 Å². The summed E-state index contributed by atoms with van der Waals surface area (Å²) in [6, 6.07) is 5.40. The minimum absolute atomic E-state index is 0.238. The number of rotatable bonds is 5. The smallest absolute Gasteiger partial charge is 0.322 e. The number of fused-ring (bicyclic) bond motifs is 1. The van der Waals surface area contributed by atoms with Gasteiger partial charge in [-0.2, -0.15) is 0 Å². The van der Waals surface area contributed by atoms with Crippen LogP contribution in [-0.2, 0) is 16.1 Å². The molecule has 1 aliphatic rings. The molecule has 1 aromatic carbocycles. The highest BCUT2D eigenvalue weighted by molar-refractivity contribution is 5.75. The highest BCUT2D eigenvalue weighted by Gasteiger charge is 2.15. The van der Waals surface area contributed by atoms with Gasteiger partial charge in [-0.1, -0.05) is 6.07 Å². The van der Waals surface area contributed by atoms with Crippen molar-refractivity contribution in [2.24, 2.45) is 0 Å². The van der Waals surface area contributed by atoms with Crippen molar-refractivity contribution >= 4 is 5.97 Å². The third kappa shape index (κ3) is 2.92. The Balaban J connectivity index is 1.88. The van der Waals surface area contributed by atoms with Crippen LogP contribution in [0.1, 0.15) is 19.4 Å². The molecule has 0 aromatic heterocycles. The third-order valence-corrected chi connectivity index (χ3v) is 2.69. The van der Waals surface area contributed by atoms with Crippen LogP contribution in [0.4, 0.5) is 0 Å². The summed E-state index contributed by atoms with van der Waals surface area (Å²) < 4.78 is 15.4. The highest BCUT2D eigenvalue weighted by Crippen LogP contribution is 2.32. The molecule has 0 saturated carbocycles. The van der Waals surface area contributed by atoms with Crippen molar-refractivity contribution in [2.45, 2.75) is 26.4 Å². The van der Waals surface area contributed by atoms with Gasteiger partial charge in [-0.3, -0.25) is 4.79 Å². The molecule has 1 heterocycles. The zero-order chi connectivity index (χ0) is 13.0. The predicted octanol–water partition coefficient (Wildman–Crippen LogP) is 1.46. The van der Waals surface area contributed by atoms with Gasteiger partial charge >= 0.3 is 5.97 Å². The van der Waals surface area contributed by atoms with Crippen molar-refractivity contribution in [3.05, 3.63) is 23.8 Å². The van der Waals surface area contributed by atoms with Crippen LogP contribution < -0.4 is 14.8 Å². The number of benzene rings is 1. The predicted molar refractivity (Wildman–Crippen MR) is 65.5 cm³/mol. The normalized spacial score (nSPS) is 14.3. The van der Waals surface area contributed by atoms with Crippen LogP contribution in [-0.4, -0.2) is 25.4 Å². The van der Waals surface area contributed by atoms with Crippen LogP contribution in [0.2, 0.25) is 0 Å². The zero-order valence-corrected chi connectivity index (χ0v) is 10.6. The number of carbonyl (C=O) groups excluding carboxylic acids is 1. The first-order chi connectivity index (χ1) is 8.70. The molecule has 0 radical (unpaired) electrons. The van der Waals surface area contributed by atoms with Gasteiger partial charge in [0.25, 0.3) is 0 Å². The summed E-state index contributed by atoms with van der Waals surface area (Å²) in [4.78, 5) is 11.4. The second kappa shape index (κ2) is 5.73. The monoisotopic (exact) mass is 251 g/mol. The summed E-state index contributed by atoms with van der Waals surface area (Å²) >= 11 is 0. The first-order valence-electron chi connectivity index (χ1n) is 5.99. The maximum atomic E-state index is 11.4. The molecule has 1 atom stereocenters. The van der Waals surface area contributed by atoms with Gasteiger partial charge < -0.3 is 19.5 Å². The summed E-state index contributed by atoms with van der Waals surface area (Å²) in [6.45, 7) is 4.82. The van der Waals surface area contributed by atoms with Gasteiger partial charge in [0.15, 0.2) is 11.5 Å². The maximum Gasteiger partial charge on any atom is 0.322 e. The largest absolute Gasteiger partial charge is 0.465 e. The van der Waals surface area contributed by atoms with Gasteiger partial charge in [0.05, 0.1) is 6.61 Å². The molecule has 0 fully saturated rings. The van der Waals surface area contributed by atoms with E-state index in [9.17, 15) is 4.79 Å². The Morgan fingerprint density at radius 3 is 3.00 bits per heavy atom. The average molecular weight is 251 g/mol. The first-order valence-corrected chi connectivity index (χ1v) is 5.99. The van der Waals surface area contributed by atoms with E-state index in [0.717, 1.165) is 17.1 Å². The average Bonchev–Trinajstić information content (AvgIpc) is 2.83. The van der Waals surface area contributed by atoms with E-state index in [0.29, 0.717) is 13.2 Å². The Morgan fingerprint density at radius 2 is 2.22 bits per heavy atom. The topological polar surface area (TPSA) is 56.8 Å². The lowest BCUT2D eigenvalue weighted by Crippen LogP contribution is -2.34. The van der Waals surface area contributed by atoms with Crippen LogP contribution in [0.3, 0.4) is 0 Å². The molecule has 5 nitrogen and oxygen atoms in total. The minimum atomic E-state index is -0.324. The Morgan fingerprint density at radius 1 is 1.44 bits per heavy atom. The van der Waals surface area contributed by atoms with E-state index < -0.39 is 0 Å². The summed E-state index contributed by atoms with van der Waals surface area (Å²) in [6.07, 6.45) is 0. The molecule has 98 valence electrons. The molecule has 18 heavy (non-hydrogen) atoms. The van der Waals surface area contributed by atoms with Crippen molar-refractivity contribution in [2.75, 3.05) is 13.4 Å². The molecular formula is C13H17NO4. The van der Waals surface area contributed by atoms with E-state index in [-0.39, 0.29) is 18.8 Å². The summed E-state index contributed by atoms with van der Waals surface area (Å²) in [5.74, 6) is 1.27. The van der Waals surface area contributed by atoms with E-state index in [4.69, 9.17) is 14.2 Å². The van der Waals surface area contributed by atoms with Crippen LogP contribution in [0, 0.1) is 0 Å². The van der Waals surface area contributed by atoms with Crippen molar-refractivity contribution in [3.8, 4) is 11.5 Å². The fraction of sp³-hybridized carbons (Fsp3) is 0.462. The fourth-order valence-electron chi connectivity index (χ4n) is 1.67. The summed E-state index contributed by atoms with van der Waals surface area (Å²) in [7, 11) is 0. The lowest BCUT2D eigenvalue weighted by Gasteiger charge is -2.12. The Kier molecular flexibility index (Phi) is 4.04. The number of ether oxygens (including phenoxy) is 3. The first kappa shape index (κ1) is 12.7. The maximum absolute atomic E-state index is 11.4. The number of nitrogens with one attached hydrogen (secondary N) is 1. The van der Waals surface area contributed by atoms with E-state index in [2.05, 4.69) is 5.32 Å². The Labute approximate surface area is 106 Å². The number of carbonyl (C=O) groups is 1. The van der Waals surface area contributed by atoms with Crippen molar-refractivity contribution < 1.29 is 19.0 Å².